The molecule has 0 saturated heterocycles. The lowest BCUT2D eigenvalue weighted by Gasteiger charge is -2.28. The topological polar surface area (TPSA) is 29.1 Å². The molecule has 0 radical (unpaired) electrons. The number of carbonyl (C=O) groups excluding carboxylic acids is 1. The van der Waals surface area contributed by atoms with Gasteiger partial charge in [0.15, 0.2) is 0 Å². The second kappa shape index (κ2) is 5.91. The second-order valence-electron chi connectivity index (χ2n) is 4.83. The van der Waals surface area contributed by atoms with Gasteiger partial charge < -0.3 is 5.32 Å². The van der Waals surface area contributed by atoms with Crippen LogP contribution in [0.25, 0.3) is 0 Å². The van der Waals surface area contributed by atoms with Gasteiger partial charge in [-0.3, -0.25) is 4.79 Å². The van der Waals surface area contributed by atoms with E-state index in [0.29, 0.717) is 5.92 Å². The largest absolute Gasteiger partial charge is 0.349 e. The number of amides is 1. The summed E-state index contributed by atoms with van der Waals surface area (Å²) in [6.07, 6.45) is 6.48. The predicted octanol–water partition coefficient (Wildman–Crippen LogP) is 3.74. The first-order valence-corrected chi connectivity index (χ1v) is 7.58. The summed E-state index contributed by atoms with van der Waals surface area (Å²) < 4.78 is 0. The molecular formula is C13H19NOS2. The van der Waals surface area contributed by atoms with Crippen molar-refractivity contribution in [1.82, 2.24) is 5.32 Å². The van der Waals surface area contributed by atoms with E-state index in [-0.39, 0.29) is 11.9 Å². The lowest BCUT2D eigenvalue weighted by molar-refractivity contribution is 0.0923. The molecule has 2 nitrogen and oxygen atoms in total. The van der Waals surface area contributed by atoms with Crippen LogP contribution in [0.5, 0.6) is 0 Å². The van der Waals surface area contributed by atoms with Gasteiger partial charge in [0.1, 0.15) is 0 Å². The number of thiol groups is 1. The van der Waals surface area contributed by atoms with Gasteiger partial charge in [-0.15, -0.1) is 24.0 Å². The molecule has 0 aliphatic heterocycles. The molecule has 1 fully saturated rings. The maximum absolute atomic E-state index is 12.0. The molecule has 2 rings (SSSR count). The van der Waals surface area contributed by atoms with Crippen LogP contribution in [0.4, 0.5) is 0 Å². The second-order valence-corrected chi connectivity index (χ2v) is 6.26. The SMILES string of the molecule is CC(NC(=O)c1cc(S)cs1)C1CCCCC1. The van der Waals surface area contributed by atoms with Crippen molar-refractivity contribution in [3.8, 4) is 0 Å². The summed E-state index contributed by atoms with van der Waals surface area (Å²) in [5, 5.41) is 5.01. The Hall–Kier alpha value is -0.480. The first-order chi connectivity index (χ1) is 8.16. The fourth-order valence-electron chi connectivity index (χ4n) is 2.48. The van der Waals surface area contributed by atoms with Crippen LogP contribution < -0.4 is 5.32 Å². The van der Waals surface area contributed by atoms with Crippen molar-refractivity contribution in [3.05, 3.63) is 16.3 Å². The van der Waals surface area contributed by atoms with E-state index < -0.39 is 0 Å². The van der Waals surface area contributed by atoms with Gasteiger partial charge in [0, 0.05) is 16.3 Å². The Morgan fingerprint density at radius 2 is 2.18 bits per heavy atom. The molecule has 1 aliphatic rings. The molecule has 1 amide bonds. The summed E-state index contributed by atoms with van der Waals surface area (Å²) >= 11 is 5.68. The molecule has 1 aliphatic carbocycles. The van der Waals surface area contributed by atoms with Crippen LogP contribution in [0.1, 0.15) is 48.7 Å². The normalized spacial score (nSPS) is 18.9. The molecule has 17 heavy (non-hydrogen) atoms. The van der Waals surface area contributed by atoms with Crippen molar-refractivity contribution < 1.29 is 4.79 Å². The number of carbonyl (C=O) groups is 1. The van der Waals surface area contributed by atoms with Gasteiger partial charge in [-0.25, -0.2) is 0 Å². The number of hydrogen-bond acceptors (Lipinski definition) is 3. The van der Waals surface area contributed by atoms with Crippen molar-refractivity contribution in [2.45, 2.75) is 50.0 Å². The molecule has 0 aromatic carbocycles. The van der Waals surface area contributed by atoms with Gasteiger partial charge in [-0.05, 0) is 31.7 Å². The van der Waals surface area contributed by atoms with Gasteiger partial charge in [-0.1, -0.05) is 19.3 Å². The Bertz CT molecular complexity index is 383. The first kappa shape index (κ1) is 13.0. The van der Waals surface area contributed by atoms with Gasteiger partial charge in [0.05, 0.1) is 4.88 Å². The van der Waals surface area contributed by atoms with E-state index in [9.17, 15) is 4.79 Å². The van der Waals surface area contributed by atoms with Crippen molar-refractivity contribution in [1.29, 1.82) is 0 Å². The molecule has 0 bridgehead atoms. The minimum Gasteiger partial charge on any atom is -0.349 e. The summed E-state index contributed by atoms with van der Waals surface area (Å²) in [5.74, 6) is 0.705. The molecule has 1 aromatic heterocycles. The molecule has 1 N–H and O–H groups in total. The minimum absolute atomic E-state index is 0.0494. The minimum atomic E-state index is 0.0494. The third kappa shape index (κ3) is 3.49. The van der Waals surface area contributed by atoms with Crippen LogP contribution in [0.15, 0.2) is 16.3 Å². The Morgan fingerprint density at radius 1 is 1.47 bits per heavy atom. The maximum atomic E-state index is 12.0. The standard InChI is InChI=1S/C13H19NOS2/c1-9(10-5-3-2-4-6-10)14-13(15)12-7-11(16)8-17-12/h7-10,16H,2-6H2,1H3,(H,14,15). The van der Waals surface area contributed by atoms with Crippen molar-refractivity contribution >= 4 is 29.9 Å². The predicted molar refractivity (Wildman–Crippen MR) is 75.1 cm³/mol. The molecule has 1 unspecified atom stereocenters. The van der Waals surface area contributed by atoms with Crippen LogP contribution >= 0.6 is 24.0 Å². The zero-order valence-electron chi connectivity index (χ0n) is 10.1. The summed E-state index contributed by atoms with van der Waals surface area (Å²) in [6.45, 7) is 2.13. The zero-order valence-corrected chi connectivity index (χ0v) is 11.8. The Morgan fingerprint density at radius 3 is 2.76 bits per heavy atom. The van der Waals surface area contributed by atoms with Crippen LogP contribution in [-0.4, -0.2) is 11.9 Å². The average molecular weight is 269 g/mol. The van der Waals surface area contributed by atoms with Gasteiger partial charge in [-0.2, -0.15) is 0 Å². The van der Waals surface area contributed by atoms with E-state index in [1.54, 1.807) is 0 Å². The lowest BCUT2D eigenvalue weighted by atomic mass is 9.84. The van der Waals surface area contributed by atoms with E-state index in [1.165, 1.54) is 43.4 Å². The van der Waals surface area contributed by atoms with Crippen molar-refractivity contribution in [2.75, 3.05) is 0 Å². The third-order valence-electron chi connectivity index (χ3n) is 3.53. The van der Waals surface area contributed by atoms with Crippen LogP contribution in [-0.2, 0) is 0 Å². The third-order valence-corrected chi connectivity index (χ3v) is 4.89. The molecular weight excluding hydrogens is 250 g/mol. The summed E-state index contributed by atoms with van der Waals surface area (Å²) in [4.78, 5) is 13.6. The summed E-state index contributed by atoms with van der Waals surface area (Å²) in [6, 6.07) is 2.12. The average Bonchev–Trinajstić information content (AvgIpc) is 2.77. The van der Waals surface area contributed by atoms with Crippen LogP contribution in [0.2, 0.25) is 0 Å². The molecule has 1 saturated carbocycles. The Labute approximate surface area is 112 Å². The molecule has 1 atom stereocenters. The van der Waals surface area contributed by atoms with Gasteiger partial charge >= 0.3 is 0 Å². The molecule has 1 heterocycles. The smallest absolute Gasteiger partial charge is 0.261 e. The quantitative estimate of drug-likeness (QED) is 0.804. The highest BCUT2D eigenvalue weighted by Gasteiger charge is 2.22. The van der Waals surface area contributed by atoms with E-state index >= 15 is 0 Å². The molecule has 94 valence electrons. The number of thiophene rings is 1. The fourth-order valence-corrected chi connectivity index (χ4v) is 3.53. The Balaban J connectivity index is 1.89. The monoisotopic (exact) mass is 269 g/mol. The van der Waals surface area contributed by atoms with E-state index in [2.05, 4.69) is 24.9 Å². The highest BCUT2D eigenvalue weighted by molar-refractivity contribution is 7.80. The van der Waals surface area contributed by atoms with E-state index in [1.807, 2.05) is 11.4 Å². The highest BCUT2D eigenvalue weighted by atomic mass is 32.1. The number of nitrogens with one attached hydrogen (secondary N) is 1. The van der Waals surface area contributed by atoms with Crippen LogP contribution in [0, 0.1) is 5.92 Å². The number of rotatable bonds is 3. The highest BCUT2D eigenvalue weighted by Crippen LogP contribution is 2.26. The molecule has 0 spiro atoms. The number of hydrogen-bond donors (Lipinski definition) is 2. The van der Waals surface area contributed by atoms with Crippen molar-refractivity contribution in [3.63, 3.8) is 0 Å². The zero-order chi connectivity index (χ0) is 12.3. The fraction of sp³-hybridized carbons (Fsp3) is 0.615. The first-order valence-electron chi connectivity index (χ1n) is 6.25. The van der Waals surface area contributed by atoms with Gasteiger partial charge in [0.25, 0.3) is 5.91 Å². The summed E-state index contributed by atoms with van der Waals surface area (Å²) in [7, 11) is 0. The van der Waals surface area contributed by atoms with Gasteiger partial charge in [0.2, 0.25) is 0 Å². The lowest BCUT2D eigenvalue weighted by Crippen LogP contribution is -2.38. The van der Waals surface area contributed by atoms with E-state index in [0.717, 1.165) is 9.77 Å². The van der Waals surface area contributed by atoms with Crippen LogP contribution in [0.3, 0.4) is 0 Å². The maximum Gasteiger partial charge on any atom is 0.261 e. The molecule has 4 heteroatoms. The van der Waals surface area contributed by atoms with Crippen molar-refractivity contribution in [2.24, 2.45) is 5.92 Å². The van der Waals surface area contributed by atoms with E-state index in [4.69, 9.17) is 0 Å². The summed E-state index contributed by atoms with van der Waals surface area (Å²) in [5.41, 5.74) is 0. The molecule has 1 aromatic rings. The Kier molecular flexibility index (Phi) is 4.51.